The van der Waals surface area contributed by atoms with Crippen molar-refractivity contribution in [3.05, 3.63) is 11.6 Å². The smallest absolute Gasteiger partial charge is 0.334 e. The molecule has 1 aliphatic carbocycles. The molecule has 1 fully saturated rings. The lowest BCUT2D eigenvalue weighted by atomic mass is 9.88. The Morgan fingerprint density at radius 3 is 2.48 bits per heavy atom. The Morgan fingerprint density at radius 1 is 1.33 bits per heavy atom. The second kappa shape index (κ2) is 8.75. The molecule has 0 amide bonds. The Hall–Kier alpha value is -0.600. The van der Waals surface area contributed by atoms with Crippen molar-refractivity contribution in [2.24, 2.45) is 11.8 Å². The highest BCUT2D eigenvalue weighted by Gasteiger charge is 2.26. The van der Waals surface area contributed by atoms with Crippen LogP contribution in [0.3, 0.4) is 0 Å². The minimum Gasteiger partial charge on any atom is -0.463 e. The normalized spacial score (nSPS) is 20.3. The topological polar surface area (TPSA) is 63.6 Å². The van der Waals surface area contributed by atoms with E-state index in [9.17, 15) is 14.3 Å². The summed E-state index contributed by atoms with van der Waals surface area (Å²) in [6.45, 7) is 5.87. The summed E-state index contributed by atoms with van der Waals surface area (Å²) in [6, 6.07) is 0. The molecule has 0 aromatic heterocycles. The van der Waals surface area contributed by atoms with Gasteiger partial charge in [-0.25, -0.2) is 4.79 Å². The monoisotopic (exact) mass is 316 g/mol. The molecular formula is C16H29O4P. The molecule has 0 bridgehead atoms. The molecule has 0 radical (unpaired) electrons. The highest BCUT2D eigenvalue weighted by Crippen LogP contribution is 2.44. The van der Waals surface area contributed by atoms with Gasteiger partial charge in [0.05, 0.1) is 12.8 Å². The van der Waals surface area contributed by atoms with E-state index in [1.165, 1.54) is 19.3 Å². The fourth-order valence-electron chi connectivity index (χ4n) is 2.90. The summed E-state index contributed by atoms with van der Waals surface area (Å²) in [5.41, 5.74) is 0.398. The number of hydrogen-bond acceptors (Lipinski definition) is 3. The number of ether oxygens (including phenoxy) is 1. The first-order valence-corrected chi connectivity index (χ1v) is 10.1. The molecule has 1 atom stereocenters. The van der Waals surface area contributed by atoms with Crippen molar-refractivity contribution in [3.63, 3.8) is 0 Å². The van der Waals surface area contributed by atoms with Crippen LogP contribution in [0.4, 0.5) is 0 Å². The van der Waals surface area contributed by atoms with E-state index in [0.29, 0.717) is 18.1 Å². The second-order valence-corrected chi connectivity index (χ2v) is 8.77. The molecule has 1 unspecified atom stereocenters. The SMILES string of the molecule is CCOC(=O)/C(=C/C1CCCCC1)CP(=O)(O)CC(C)C. The van der Waals surface area contributed by atoms with E-state index >= 15 is 0 Å². The van der Waals surface area contributed by atoms with Crippen LogP contribution < -0.4 is 0 Å². The zero-order valence-electron chi connectivity index (χ0n) is 13.5. The van der Waals surface area contributed by atoms with Gasteiger partial charge in [0.15, 0.2) is 0 Å². The zero-order valence-corrected chi connectivity index (χ0v) is 14.4. The maximum atomic E-state index is 12.3. The minimum absolute atomic E-state index is 0.0550. The highest BCUT2D eigenvalue weighted by molar-refractivity contribution is 7.58. The largest absolute Gasteiger partial charge is 0.463 e. The molecule has 122 valence electrons. The average Bonchev–Trinajstić information content (AvgIpc) is 2.37. The van der Waals surface area contributed by atoms with Gasteiger partial charge in [-0.3, -0.25) is 4.57 Å². The molecule has 1 aliphatic rings. The first-order chi connectivity index (χ1) is 9.84. The molecular weight excluding hydrogens is 287 g/mol. The molecule has 21 heavy (non-hydrogen) atoms. The predicted molar refractivity (Wildman–Crippen MR) is 85.7 cm³/mol. The number of rotatable bonds is 7. The Balaban J connectivity index is 2.83. The van der Waals surface area contributed by atoms with Crippen LogP contribution in [0.5, 0.6) is 0 Å². The number of hydrogen-bond donors (Lipinski definition) is 1. The molecule has 0 aromatic rings. The molecule has 0 saturated heterocycles. The van der Waals surface area contributed by atoms with Crippen molar-refractivity contribution in [2.45, 2.75) is 52.9 Å². The summed E-state index contributed by atoms with van der Waals surface area (Å²) in [5.74, 6) is 0.0530. The van der Waals surface area contributed by atoms with Crippen LogP contribution in [-0.4, -0.2) is 29.8 Å². The van der Waals surface area contributed by atoms with Gasteiger partial charge in [-0.05, 0) is 31.6 Å². The van der Waals surface area contributed by atoms with Gasteiger partial charge in [0.1, 0.15) is 0 Å². The van der Waals surface area contributed by atoms with Crippen molar-refractivity contribution in [1.29, 1.82) is 0 Å². The van der Waals surface area contributed by atoms with E-state index in [2.05, 4.69) is 0 Å². The first kappa shape index (κ1) is 18.4. The minimum atomic E-state index is -3.32. The van der Waals surface area contributed by atoms with E-state index < -0.39 is 13.3 Å². The van der Waals surface area contributed by atoms with E-state index in [-0.39, 0.29) is 18.2 Å². The lowest BCUT2D eigenvalue weighted by Crippen LogP contribution is -2.15. The van der Waals surface area contributed by atoms with Gasteiger partial charge in [-0.2, -0.15) is 0 Å². The zero-order chi connectivity index (χ0) is 15.9. The number of carbonyl (C=O) groups is 1. The van der Waals surface area contributed by atoms with Crippen LogP contribution in [-0.2, 0) is 14.1 Å². The fourth-order valence-corrected chi connectivity index (χ4v) is 4.93. The molecule has 0 spiro atoms. The number of esters is 1. The van der Waals surface area contributed by atoms with Crippen LogP contribution in [0.1, 0.15) is 52.9 Å². The van der Waals surface area contributed by atoms with Crippen LogP contribution in [0.15, 0.2) is 11.6 Å². The van der Waals surface area contributed by atoms with Crippen LogP contribution in [0, 0.1) is 11.8 Å². The summed E-state index contributed by atoms with van der Waals surface area (Å²) < 4.78 is 17.3. The molecule has 0 aliphatic heterocycles. The van der Waals surface area contributed by atoms with Crippen LogP contribution in [0.2, 0.25) is 0 Å². The molecule has 4 nitrogen and oxygen atoms in total. The Labute approximate surface area is 128 Å². The first-order valence-electron chi connectivity index (χ1n) is 8.02. The van der Waals surface area contributed by atoms with E-state index in [4.69, 9.17) is 4.74 Å². The van der Waals surface area contributed by atoms with Gasteiger partial charge in [0.25, 0.3) is 0 Å². The van der Waals surface area contributed by atoms with Gasteiger partial charge in [0.2, 0.25) is 7.37 Å². The molecule has 1 N–H and O–H groups in total. The molecule has 5 heteroatoms. The maximum absolute atomic E-state index is 12.3. The third kappa shape index (κ3) is 7.28. The van der Waals surface area contributed by atoms with Crippen LogP contribution >= 0.6 is 7.37 Å². The van der Waals surface area contributed by atoms with Gasteiger partial charge in [0, 0.05) is 11.7 Å². The Kier molecular flexibility index (Phi) is 7.69. The lowest BCUT2D eigenvalue weighted by molar-refractivity contribution is -0.138. The lowest BCUT2D eigenvalue weighted by Gasteiger charge is -2.21. The van der Waals surface area contributed by atoms with Crippen LogP contribution in [0.25, 0.3) is 0 Å². The third-order valence-electron chi connectivity index (χ3n) is 3.69. The molecule has 1 saturated carbocycles. The van der Waals surface area contributed by atoms with E-state index in [0.717, 1.165) is 12.8 Å². The fraction of sp³-hybridized carbons (Fsp3) is 0.812. The summed E-state index contributed by atoms with van der Waals surface area (Å²) in [7, 11) is -3.32. The summed E-state index contributed by atoms with van der Waals surface area (Å²) in [6.07, 6.45) is 7.78. The Morgan fingerprint density at radius 2 is 1.95 bits per heavy atom. The number of carbonyl (C=O) groups excluding carboxylic acids is 1. The van der Waals surface area contributed by atoms with Crippen molar-refractivity contribution >= 4 is 13.3 Å². The standard InChI is InChI=1S/C16H29O4P/c1-4-20-16(17)15(10-14-8-6-5-7-9-14)12-21(18,19)11-13(2)3/h10,13-14H,4-9,11-12H2,1-3H3,(H,18,19)/b15-10+. The summed E-state index contributed by atoms with van der Waals surface area (Å²) >= 11 is 0. The van der Waals surface area contributed by atoms with Crippen molar-refractivity contribution in [1.82, 2.24) is 0 Å². The quantitative estimate of drug-likeness (QED) is 0.438. The van der Waals surface area contributed by atoms with Crippen molar-refractivity contribution < 1.29 is 19.0 Å². The van der Waals surface area contributed by atoms with Gasteiger partial charge in [-0.15, -0.1) is 0 Å². The van der Waals surface area contributed by atoms with Crippen molar-refractivity contribution in [2.75, 3.05) is 18.9 Å². The molecule has 0 aromatic carbocycles. The Bertz CT molecular complexity index is 409. The third-order valence-corrected chi connectivity index (χ3v) is 5.83. The highest BCUT2D eigenvalue weighted by atomic mass is 31.2. The van der Waals surface area contributed by atoms with Gasteiger partial charge in [-0.1, -0.05) is 39.2 Å². The predicted octanol–water partition coefficient (Wildman–Crippen LogP) is 3.98. The summed E-state index contributed by atoms with van der Waals surface area (Å²) in [4.78, 5) is 22.2. The van der Waals surface area contributed by atoms with Gasteiger partial charge < -0.3 is 9.63 Å². The van der Waals surface area contributed by atoms with Gasteiger partial charge >= 0.3 is 5.97 Å². The second-order valence-electron chi connectivity index (χ2n) is 6.39. The van der Waals surface area contributed by atoms with E-state index in [1.807, 2.05) is 19.9 Å². The molecule has 1 rings (SSSR count). The summed E-state index contributed by atoms with van der Waals surface area (Å²) in [5, 5.41) is 0. The number of allylic oxidation sites excluding steroid dienone is 1. The van der Waals surface area contributed by atoms with Crippen molar-refractivity contribution in [3.8, 4) is 0 Å². The average molecular weight is 316 g/mol. The maximum Gasteiger partial charge on any atom is 0.334 e. The molecule has 0 heterocycles. The van der Waals surface area contributed by atoms with E-state index in [1.54, 1.807) is 6.92 Å².